The van der Waals surface area contributed by atoms with E-state index < -0.39 is 39.5 Å². The predicted molar refractivity (Wildman–Crippen MR) is 148 cm³/mol. The number of anilines is 2. The summed E-state index contributed by atoms with van der Waals surface area (Å²) in [6.45, 7) is 5.41. The first kappa shape index (κ1) is 24.7. The van der Waals surface area contributed by atoms with Crippen LogP contribution in [0.25, 0.3) is 6.08 Å². The average molecular weight is 522 g/mol. The molecular formula is C31H27N3O5. The highest BCUT2D eigenvalue weighted by molar-refractivity contribution is 6.17. The molecule has 0 aliphatic carbocycles. The van der Waals surface area contributed by atoms with Crippen LogP contribution in [-0.4, -0.2) is 34.5 Å². The van der Waals surface area contributed by atoms with E-state index in [4.69, 9.17) is 0 Å². The number of nitro benzene ring substituents is 1. The molecule has 3 aromatic rings. The second kappa shape index (κ2) is 8.46. The van der Waals surface area contributed by atoms with Crippen molar-refractivity contribution in [2.75, 3.05) is 10.2 Å². The van der Waals surface area contributed by atoms with Gasteiger partial charge in [0.2, 0.25) is 5.91 Å². The van der Waals surface area contributed by atoms with Gasteiger partial charge in [-0.1, -0.05) is 81.5 Å². The Labute approximate surface area is 225 Å². The second-order valence-electron chi connectivity index (χ2n) is 11.3. The summed E-state index contributed by atoms with van der Waals surface area (Å²) < 4.78 is 0. The Morgan fingerprint density at radius 2 is 1.72 bits per heavy atom. The quantitative estimate of drug-likeness (QED) is 0.288. The van der Waals surface area contributed by atoms with Crippen molar-refractivity contribution in [3.63, 3.8) is 0 Å². The fraction of sp³-hybridized carbons (Fsp3) is 0.258. The minimum atomic E-state index is -1.44. The highest BCUT2D eigenvalue weighted by Crippen LogP contribution is 2.58. The summed E-state index contributed by atoms with van der Waals surface area (Å²) in [6, 6.07) is 18.8. The number of nitrogens with one attached hydrogen (secondary N) is 1. The van der Waals surface area contributed by atoms with Gasteiger partial charge < -0.3 is 10.2 Å². The summed E-state index contributed by atoms with van der Waals surface area (Å²) in [6.07, 6.45) is 3.85. The van der Waals surface area contributed by atoms with Crippen LogP contribution in [-0.2, 0) is 15.0 Å². The number of nitro groups is 1. The van der Waals surface area contributed by atoms with E-state index in [2.05, 4.69) is 5.32 Å². The van der Waals surface area contributed by atoms with Gasteiger partial charge in [0.1, 0.15) is 11.5 Å². The Bertz CT molecular complexity index is 1600. The number of Topliss-reactive ketones (excluding diaryl/α,β-unsaturated/α-hetero) is 2. The molecule has 1 spiro atoms. The normalized spacial score (nSPS) is 24.6. The number of amides is 1. The Balaban J connectivity index is 1.68. The molecule has 0 bridgehead atoms. The lowest BCUT2D eigenvalue weighted by Crippen LogP contribution is -2.51. The third kappa shape index (κ3) is 3.40. The molecule has 3 heterocycles. The maximum Gasteiger partial charge on any atom is 0.270 e. The molecule has 196 valence electrons. The van der Waals surface area contributed by atoms with Crippen molar-refractivity contribution in [3.8, 4) is 0 Å². The third-order valence-corrected chi connectivity index (χ3v) is 8.17. The van der Waals surface area contributed by atoms with Crippen LogP contribution in [0.2, 0.25) is 0 Å². The van der Waals surface area contributed by atoms with Crippen molar-refractivity contribution in [1.29, 1.82) is 0 Å². The van der Waals surface area contributed by atoms with Crippen LogP contribution in [0.5, 0.6) is 0 Å². The molecule has 1 N–H and O–H groups in total. The molecule has 0 saturated carbocycles. The maximum atomic E-state index is 14.6. The number of para-hydroxylation sites is 2. The highest BCUT2D eigenvalue weighted by atomic mass is 16.6. The van der Waals surface area contributed by atoms with Crippen LogP contribution in [0.1, 0.15) is 42.3 Å². The first-order chi connectivity index (χ1) is 18.6. The van der Waals surface area contributed by atoms with Gasteiger partial charge in [0.15, 0.2) is 11.6 Å². The van der Waals surface area contributed by atoms with E-state index in [-0.39, 0.29) is 22.9 Å². The molecule has 3 aromatic carbocycles. The minimum Gasteiger partial charge on any atom is -0.352 e. The molecule has 8 heteroatoms. The number of benzene rings is 3. The van der Waals surface area contributed by atoms with Crippen LogP contribution < -0.4 is 10.2 Å². The van der Waals surface area contributed by atoms with E-state index >= 15 is 0 Å². The third-order valence-electron chi connectivity index (χ3n) is 8.17. The average Bonchev–Trinajstić information content (AvgIpc) is 3.40. The Morgan fingerprint density at radius 1 is 1.00 bits per heavy atom. The zero-order valence-electron chi connectivity index (χ0n) is 21.8. The Hall–Kier alpha value is -4.59. The van der Waals surface area contributed by atoms with E-state index in [0.29, 0.717) is 11.3 Å². The molecule has 6 rings (SSSR count). The standard InChI is InChI=1S/C31H27N3O5/c1-30(2,3)28(36)26-25(27(35)19-10-8-11-20(17-19)34(38)39)31(21-12-5-6-13-22(21)32-29(31)37)24-16-15-18-9-4-7-14-23(18)33(24)26/h4-17,24-26H,1-3H3,(H,32,37)/t24-,25+,26-,31-/m0/s1. The van der Waals surface area contributed by atoms with Crippen LogP contribution in [0.15, 0.2) is 78.9 Å². The lowest BCUT2D eigenvalue weighted by Gasteiger charge is -2.38. The molecule has 3 aliphatic rings. The molecule has 1 saturated heterocycles. The van der Waals surface area contributed by atoms with Gasteiger partial charge in [0.25, 0.3) is 5.69 Å². The molecule has 0 radical (unpaired) electrons. The van der Waals surface area contributed by atoms with E-state index in [9.17, 15) is 24.5 Å². The lowest BCUT2D eigenvalue weighted by molar-refractivity contribution is -0.384. The van der Waals surface area contributed by atoms with Crippen molar-refractivity contribution >= 4 is 40.6 Å². The van der Waals surface area contributed by atoms with Gasteiger partial charge in [-0.05, 0) is 23.3 Å². The molecule has 8 nitrogen and oxygen atoms in total. The van der Waals surface area contributed by atoms with E-state index in [0.717, 1.165) is 11.3 Å². The largest absolute Gasteiger partial charge is 0.352 e. The fourth-order valence-electron chi connectivity index (χ4n) is 6.52. The van der Waals surface area contributed by atoms with Crippen molar-refractivity contribution in [2.45, 2.75) is 38.3 Å². The second-order valence-corrected chi connectivity index (χ2v) is 11.3. The van der Waals surface area contributed by atoms with Crippen LogP contribution in [0, 0.1) is 21.4 Å². The number of fused-ring (bicyclic) bond motifs is 6. The van der Waals surface area contributed by atoms with Gasteiger partial charge in [-0.3, -0.25) is 24.5 Å². The number of rotatable bonds is 4. The zero-order valence-corrected chi connectivity index (χ0v) is 21.8. The van der Waals surface area contributed by atoms with Gasteiger partial charge >= 0.3 is 0 Å². The van der Waals surface area contributed by atoms with E-state index in [1.807, 2.05) is 59.5 Å². The molecule has 1 fully saturated rings. The van der Waals surface area contributed by atoms with Gasteiger partial charge in [-0.25, -0.2) is 0 Å². The van der Waals surface area contributed by atoms with Crippen LogP contribution in [0.4, 0.5) is 17.1 Å². The molecule has 39 heavy (non-hydrogen) atoms. The molecule has 4 atom stereocenters. The first-order valence-electron chi connectivity index (χ1n) is 12.9. The van der Waals surface area contributed by atoms with Gasteiger partial charge in [-0.15, -0.1) is 0 Å². The van der Waals surface area contributed by atoms with Crippen molar-refractivity contribution in [2.24, 2.45) is 11.3 Å². The molecular weight excluding hydrogens is 494 g/mol. The van der Waals surface area contributed by atoms with Crippen molar-refractivity contribution in [1.82, 2.24) is 0 Å². The summed E-state index contributed by atoms with van der Waals surface area (Å²) >= 11 is 0. The predicted octanol–water partition coefficient (Wildman–Crippen LogP) is 5.18. The SMILES string of the molecule is CC(C)(C)C(=O)[C@@H]1[C@H](C(=O)c2cccc([N+](=O)[O-])c2)[C@@]2(C(=O)Nc3ccccc32)[C@@H]2C=Cc3ccccc3N12. The lowest BCUT2D eigenvalue weighted by atomic mass is 9.63. The summed E-state index contributed by atoms with van der Waals surface area (Å²) in [4.78, 5) is 56.1. The number of hydrogen-bond donors (Lipinski definition) is 1. The van der Waals surface area contributed by atoms with Crippen molar-refractivity contribution in [3.05, 3.63) is 106 Å². The summed E-state index contributed by atoms with van der Waals surface area (Å²) in [5.41, 5.74) is 0.461. The number of ketones is 2. The fourth-order valence-corrected chi connectivity index (χ4v) is 6.52. The highest BCUT2D eigenvalue weighted by Gasteiger charge is 2.70. The number of carbonyl (C=O) groups is 3. The molecule has 0 aromatic heterocycles. The van der Waals surface area contributed by atoms with E-state index in [1.165, 1.54) is 24.3 Å². The summed E-state index contributed by atoms with van der Waals surface area (Å²) in [5.74, 6) is -2.17. The first-order valence-corrected chi connectivity index (χ1v) is 12.9. The van der Waals surface area contributed by atoms with E-state index in [1.54, 1.807) is 26.8 Å². The zero-order chi connectivity index (χ0) is 27.7. The number of hydrogen-bond acceptors (Lipinski definition) is 6. The Kier molecular flexibility index (Phi) is 5.36. The van der Waals surface area contributed by atoms with Gasteiger partial charge in [-0.2, -0.15) is 0 Å². The maximum absolute atomic E-state index is 14.6. The molecule has 3 aliphatic heterocycles. The van der Waals surface area contributed by atoms with Crippen LogP contribution in [0.3, 0.4) is 0 Å². The monoisotopic (exact) mass is 521 g/mol. The number of nitrogens with zero attached hydrogens (tertiary/aromatic N) is 2. The van der Waals surface area contributed by atoms with Gasteiger partial charge in [0.05, 0.1) is 16.9 Å². The molecule has 0 unspecified atom stereocenters. The number of carbonyl (C=O) groups excluding carboxylic acids is 3. The molecule has 1 amide bonds. The summed E-state index contributed by atoms with van der Waals surface area (Å²) in [5, 5.41) is 14.5. The van der Waals surface area contributed by atoms with Crippen molar-refractivity contribution < 1.29 is 19.3 Å². The summed E-state index contributed by atoms with van der Waals surface area (Å²) in [7, 11) is 0. The smallest absolute Gasteiger partial charge is 0.270 e. The minimum absolute atomic E-state index is 0.0922. The van der Waals surface area contributed by atoms with Gasteiger partial charge in [0, 0.05) is 34.5 Å². The topological polar surface area (TPSA) is 110 Å². The Morgan fingerprint density at radius 3 is 2.46 bits per heavy atom. The van der Waals surface area contributed by atoms with Crippen LogP contribution >= 0.6 is 0 Å². The number of non-ortho nitro benzene ring substituents is 1.